The molecule has 1 rings (SSSR count). The van der Waals surface area contributed by atoms with Crippen molar-refractivity contribution in [3.8, 4) is 0 Å². The molecule has 1 aromatic rings. The van der Waals surface area contributed by atoms with Crippen LogP contribution in [0.5, 0.6) is 0 Å². The summed E-state index contributed by atoms with van der Waals surface area (Å²) in [5.74, 6) is -5.16. The second-order valence-corrected chi connectivity index (χ2v) is 5.76. The van der Waals surface area contributed by atoms with Crippen LogP contribution >= 0.6 is 0 Å². The second kappa shape index (κ2) is 9.80. The molecule has 1 aromatic carbocycles. The normalized spacial score (nSPS) is 12.2. The summed E-state index contributed by atoms with van der Waals surface area (Å²) in [4.78, 5) is 22.7. The van der Waals surface area contributed by atoms with E-state index in [0.29, 0.717) is 5.56 Å². The number of benzene rings is 1. The van der Waals surface area contributed by atoms with Crippen LogP contribution in [-0.2, 0) is 16.1 Å². The summed E-state index contributed by atoms with van der Waals surface area (Å²) in [7, 11) is 0. The molecule has 1 atom stereocenters. The molecule has 0 bridgehead atoms. The largest absolute Gasteiger partial charge is 1.00 e. The van der Waals surface area contributed by atoms with Gasteiger partial charge in [0.15, 0.2) is 11.6 Å². The number of nitrogens with one attached hydrogen (secondary N) is 1. The standard InChI is InChI=1S/C15H19F2NO4.K/c1-15(2,22)7-10(14(20)21)6-13(19)18-8-9-3-4-11(16)12(17)5-9;/h3-5,10,22H,6-8H2,1-2H3,(H,18,19)(H,20,21);/q;+1/p-1. The minimum atomic E-state index is -1.43. The van der Waals surface area contributed by atoms with Gasteiger partial charge in [0.2, 0.25) is 5.91 Å². The molecule has 0 aromatic heterocycles. The predicted molar refractivity (Wildman–Crippen MR) is 72.2 cm³/mol. The number of aliphatic hydroxyl groups is 1. The van der Waals surface area contributed by atoms with Crippen LogP contribution in [0.2, 0.25) is 0 Å². The first-order chi connectivity index (χ1) is 10.1. The third-order valence-electron chi connectivity index (χ3n) is 2.98. The molecule has 1 unspecified atom stereocenters. The van der Waals surface area contributed by atoms with Gasteiger partial charge in [0, 0.05) is 24.9 Å². The molecule has 0 aliphatic heterocycles. The molecule has 0 spiro atoms. The number of carbonyl (C=O) groups excluding carboxylic acids is 2. The minimum absolute atomic E-state index is 0. The molecule has 0 heterocycles. The van der Waals surface area contributed by atoms with E-state index in [4.69, 9.17) is 0 Å². The number of amides is 1. The fourth-order valence-corrected chi connectivity index (χ4v) is 1.99. The Morgan fingerprint density at radius 3 is 2.39 bits per heavy atom. The fourth-order valence-electron chi connectivity index (χ4n) is 1.99. The first kappa shape index (κ1) is 22.6. The van der Waals surface area contributed by atoms with Crippen LogP contribution in [0.4, 0.5) is 8.78 Å². The van der Waals surface area contributed by atoms with Crippen LogP contribution in [0.15, 0.2) is 18.2 Å². The summed E-state index contributed by atoms with van der Waals surface area (Å²) in [6, 6.07) is 3.20. The summed E-state index contributed by atoms with van der Waals surface area (Å²) in [6.45, 7) is 2.81. The van der Waals surface area contributed by atoms with Gasteiger partial charge in [-0.05, 0) is 38.0 Å². The average molecular weight is 353 g/mol. The van der Waals surface area contributed by atoms with Crippen LogP contribution < -0.4 is 61.8 Å². The molecule has 0 fully saturated rings. The van der Waals surface area contributed by atoms with E-state index >= 15 is 0 Å². The Bertz CT molecular complexity index is 561. The molecule has 23 heavy (non-hydrogen) atoms. The molecular formula is C15H18F2KNO4. The number of hydrogen-bond acceptors (Lipinski definition) is 4. The maximum atomic E-state index is 13.0. The zero-order valence-electron chi connectivity index (χ0n) is 13.4. The molecule has 8 heteroatoms. The van der Waals surface area contributed by atoms with Gasteiger partial charge >= 0.3 is 51.4 Å². The summed E-state index contributed by atoms with van der Waals surface area (Å²) in [6.07, 6.45) is -0.496. The first-order valence-corrected chi connectivity index (χ1v) is 6.72. The number of hydrogen-bond donors (Lipinski definition) is 2. The monoisotopic (exact) mass is 353 g/mol. The maximum absolute atomic E-state index is 13.0. The van der Waals surface area contributed by atoms with Crippen molar-refractivity contribution in [2.45, 2.75) is 38.8 Å². The van der Waals surface area contributed by atoms with Gasteiger partial charge in [-0.2, -0.15) is 0 Å². The molecule has 0 aliphatic rings. The maximum Gasteiger partial charge on any atom is 1.00 e. The Morgan fingerprint density at radius 2 is 1.91 bits per heavy atom. The fraction of sp³-hybridized carbons (Fsp3) is 0.467. The van der Waals surface area contributed by atoms with Crippen molar-refractivity contribution in [2.24, 2.45) is 5.92 Å². The van der Waals surface area contributed by atoms with E-state index in [9.17, 15) is 28.6 Å². The Labute approximate surface area is 175 Å². The predicted octanol–water partition coefficient (Wildman–Crippen LogP) is -2.50. The van der Waals surface area contributed by atoms with Crippen LogP contribution in [-0.4, -0.2) is 22.6 Å². The Kier molecular flexibility index (Phi) is 9.64. The second-order valence-electron chi connectivity index (χ2n) is 5.76. The Hall–Kier alpha value is -0.384. The van der Waals surface area contributed by atoms with Crippen LogP contribution in [0.1, 0.15) is 32.3 Å². The van der Waals surface area contributed by atoms with Crippen molar-refractivity contribution in [1.82, 2.24) is 5.32 Å². The Morgan fingerprint density at radius 1 is 1.30 bits per heavy atom. The van der Waals surface area contributed by atoms with Gasteiger partial charge in [-0.1, -0.05) is 6.07 Å². The number of rotatable bonds is 7. The molecule has 5 nitrogen and oxygen atoms in total. The minimum Gasteiger partial charge on any atom is -0.550 e. The smallest absolute Gasteiger partial charge is 0.550 e. The summed E-state index contributed by atoms with van der Waals surface area (Å²) in [5.41, 5.74) is -0.898. The van der Waals surface area contributed by atoms with Crippen molar-refractivity contribution >= 4 is 11.9 Å². The summed E-state index contributed by atoms with van der Waals surface area (Å²) < 4.78 is 25.8. The third kappa shape index (κ3) is 8.87. The van der Waals surface area contributed by atoms with Crippen molar-refractivity contribution in [2.75, 3.05) is 0 Å². The molecule has 0 saturated heterocycles. The van der Waals surface area contributed by atoms with Gasteiger partial charge < -0.3 is 20.3 Å². The van der Waals surface area contributed by atoms with Gasteiger partial charge in [-0.25, -0.2) is 8.78 Å². The van der Waals surface area contributed by atoms with Gasteiger partial charge in [0.05, 0.1) is 5.60 Å². The zero-order chi connectivity index (χ0) is 16.9. The van der Waals surface area contributed by atoms with Crippen LogP contribution in [0, 0.1) is 17.6 Å². The number of carbonyl (C=O) groups is 2. The quantitative estimate of drug-likeness (QED) is 0.531. The van der Waals surface area contributed by atoms with Crippen molar-refractivity contribution in [1.29, 1.82) is 0 Å². The number of carboxylic acids is 1. The van der Waals surface area contributed by atoms with Gasteiger partial charge in [-0.15, -0.1) is 0 Å². The number of halogens is 2. The molecule has 122 valence electrons. The van der Waals surface area contributed by atoms with Crippen molar-refractivity contribution < 1.29 is 80.0 Å². The van der Waals surface area contributed by atoms with E-state index in [1.54, 1.807) is 0 Å². The van der Waals surface area contributed by atoms with Gasteiger partial charge in [0.25, 0.3) is 0 Å². The van der Waals surface area contributed by atoms with Crippen LogP contribution in [0.25, 0.3) is 0 Å². The topological polar surface area (TPSA) is 89.5 Å². The van der Waals surface area contributed by atoms with Crippen molar-refractivity contribution in [3.05, 3.63) is 35.4 Å². The molecule has 0 saturated carbocycles. The first-order valence-electron chi connectivity index (χ1n) is 6.72. The molecule has 1 amide bonds. The van der Waals surface area contributed by atoms with E-state index in [0.717, 1.165) is 12.1 Å². The van der Waals surface area contributed by atoms with E-state index in [1.165, 1.54) is 19.9 Å². The van der Waals surface area contributed by atoms with E-state index < -0.39 is 35.0 Å². The zero-order valence-corrected chi connectivity index (χ0v) is 16.5. The van der Waals surface area contributed by atoms with E-state index in [2.05, 4.69) is 5.32 Å². The molecule has 0 radical (unpaired) electrons. The number of aliphatic carboxylic acids is 1. The van der Waals surface area contributed by atoms with Crippen molar-refractivity contribution in [3.63, 3.8) is 0 Å². The molecular weight excluding hydrogens is 335 g/mol. The van der Waals surface area contributed by atoms with E-state index in [-0.39, 0.29) is 70.8 Å². The summed E-state index contributed by atoms with van der Waals surface area (Å²) >= 11 is 0. The molecule has 2 N–H and O–H groups in total. The van der Waals surface area contributed by atoms with Gasteiger partial charge in [-0.3, -0.25) is 4.79 Å². The average Bonchev–Trinajstić information content (AvgIpc) is 2.38. The Balaban J connectivity index is 0.00000484. The summed E-state index contributed by atoms with van der Waals surface area (Å²) in [5, 5.41) is 23.0. The number of carboxylic acid groups (broad SMARTS) is 1. The SMILES string of the molecule is CC(C)(O)CC(CC(=O)NCc1ccc(F)c(F)c1)C(=O)[O-].[K+]. The van der Waals surface area contributed by atoms with E-state index in [1.807, 2.05) is 0 Å². The van der Waals surface area contributed by atoms with Crippen LogP contribution in [0.3, 0.4) is 0 Å². The van der Waals surface area contributed by atoms with Gasteiger partial charge in [0.1, 0.15) is 0 Å². The molecule has 0 aliphatic carbocycles. The third-order valence-corrected chi connectivity index (χ3v) is 2.98.